The molecule has 0 saturated carbocycles. The molecule has 0 radical (unpaired) electrons. The van der Waals surface area contributed by atoms with Crippen LogP contribution in [-0.4, -0.2) is 69.2 Å². The molecule has 0 spiro atoms. The summed E-state index contributed by atoms with van der Waals surface area (Å²) in [7, 11) is 0. The zero-order chi connectivity index (χ0) is 13.9. The number of carbonyl (C=O) groups excluding carboxylic acids is 1. The van der Waals surface area contributed by atoms with Gasteiger partial charge in [-0.25, -0.2) is 4.79 Å². The summed E-state index contributed by atoms with van der Waals surface area (Å²) in [6.07, 6.45) is -0.770. The first-order valence-corrected chi connectivity index (χ1v) is 5.03. The van der Waals surface area contributed by atoms with Crippen LogP contribution >= 0.6 is 0 Å². The highest BCUT2D eigenvalue weighted by Gasteiger charge is 2.37. The lowest BCUT2D eigenvalue weighted by Gasteiger charge is -2.34. The number of carboxylic acids is 3. The van der Waals surface area contributed by atoms with Crippen LogP contribution in [0, 0.1) is 0 Å². The number of amides is 1. The molecule has 0 aliphatic carbocycles. The maximum Gasteiger partial charge on any atom is 0.327 e. The first-order chi connectivity index (χ1) is 8.32. The van der Waals surface area contributed by atoms with E-state index in [1.54, 1.807) is 0 Å². The SMILES string of the molecule is O=C(O)C[C@@H](C(=O)O)N1C[C@@H](C(=O)O)NCC1=O. The summed E-state index contributed by atoms with van der Waals surface area (Å²) in [5, 5.41) is 28.7. The van der Waals surface area contributed by atoms with Crippen molar-refractivity contribution in [3.8, 4) is 0 Å². The number of aliphatic carboxylic acids is 3. The molecule has 0 aromatic carbocycles. The summed E-state index contributed by atoms with van der Waals surface area (Å²) in [6.45, 7) is -0.710. The quantitative estimate of drug-likeness (QED) is 0.436. The van der Waals surface area contributed by atoms with Gasteiger partial charge < -0.3 is 20.2 Å². The van der Waals surface area contributed by atoms with E-state index in [0.717, 1.165) is 4.90 Å². The van der Waals surface area contributed by atoms with Gasteiger partial charge in [0.25, 0.3) is 0 Å². The van der Waals surface area contributed by atoms with E-state index in [0.29, 0.717) is 0 Å². The number of hydrogen-bond acceptors (Lipinski definition) is 5. The smallest absolute Gasteiger partial charge is 0.327 e. The van der Waals surface area contributed by atoms with Crippen molar-refractivity contribution >= 4 is 23.8 Å². The number of nitrogens with zero attached hydrogens (tertiary/aromatic N) is 1. The van der Waals surface area contributed by atoms with Crippen LogP contribution in [-0.2, 0) is 19.2 Å². The van der Waals surface area contributed by atoms with Crippen molar-refractivity contribution in [2.45, 2.75) is 18.5 Å². The molecule has 1 amide bonds. The van der Waals surface area contributed by atoms with Gasteiger partial charge in [0.1, 0.15) is 12.1 Å². The average Bonchev–Trinajstić information content (AvgIpc) is 2.26. The Hall–Kier alpha value is -2.16. The minimum atomic E-state index is -1.56. The van der Waals surface area contributed by atoms with Crippen molar-refractivity contribution in [2.24, 2.45) is 0 Å². The molecule has 9 nitrogen and oxygen atoms in total. The van der Waals surface area contributed by atoms with Gasteiger partial charge in [0.05, 0.1) is 13.0 Å². The van der Waals surface area contributed by atoms with Crippen molar-refractivity contribution in [2.75, 3.05) is 13.1 Å². The number of carbonyl (C=O) groups is 4. The molecular weight excluding hydrogens is 248 g/mol. The minimum absolute atomic E-state index is 0.333. The van der Waals surface area contributed by atoms with Crippen LogP contribution in [0.2, 0.25) is 0 Å². The fraction of sp³-hybridized carbons (Fsp3) is 0.556. The van der Waals surface area contributed by atoms with E-state index in [1.165, 1.54) is 0 Å². The first-order valence-electron chi connectivity index (χ1n) is 5.03. The molecule has 9 heteroatoms. The fourth-order valence-electron chi connectivity index (χ4n) is 1.64. The van der Waals surface area contributed by atoms with E-state index < -0.39 is 42.3 Å². The maximum atomic E-state index is 11.5. The van der Waals surface area contributed by atoms with Crippen LogP contribution in [0.25, 0.3) is 0 Å². The third kappa shape index (κ3) is 3.17. The van der Waals surface area contributed by atoms with Gasteiger partial charge in [0, 0.05) is 6.54 Å². The molecular formula is C9H12N2O7. The van der Waals surface area contributed by atoms with Gasteiger partial charge in [-0.1, -0.05) is 0 Å². The second-order valence-corrected chi connectivity index (χ2v) is 3.77. The highest BCUT2D eigenvalue weighted by molar-refractivity contribution is 5.89. The Labute approximate surface area is 101 Å². The number of rotatable bonds is 5. The van der Waals surface area contributed by atoms with Crippen molar-refractivity contribution in [3.63, 3.8) is 0 Å². The Morgan fingerprint density at radius 1 is 1.33 bits per heavy atom. The van der Waals surface area contributed by atoms with Crippen LogP contribution < -0.4 is 5.32 Å². The van der Waals surface area contributed by atoms with E-state index in [9.17, 15) is 19.2 Å². The summed E-state index contributed by atoms with van der Waals surface area (Å²) in [6, 6.07) is -2.66. The molecule has 1 fully saturated rings. The van der Waals surface area contributed by atoms with Crippen molar-refractivity contribution in [3.05, 3.63) is 0 Å². The van der Waals surface area contributed by atoms with Crippen LogP contribution in [0.1, 0.15) is 6.42 Å². The molecule has 0 unspecified atom stereocenters. The van der Waals surface area contributed by atoms with Crippen LogP contribution in [0.3, 0.4) is 0 Å². The maximum absolute atomic E-state index is 11.5. The number of nitrogens with one attached hydrogen (secondary N) is 1. The molecule has 0 aromatic heterocycles. The summed E-state index contributed by atoms with van der Waals surface area (Å²) in [4.78, 5) is 44.5. The van der Waals surface area contributed by atoms with E-state index in [4.69, 9.17) is 15.3 Å². The van der Waals surface area contributed by atoms with E-state index in [1.807, 2.05) is 0 Å². The van der Waals surface area contributed by atoms with Gasteiger partial charge in [-0.05, 0) is 0 Å². The lowest BCUT2D eigenvalue weighted by molar-refractivity contribution is -0.157. The molecule has 1 heterocycles. The first kappa shape index (κ1) is 13.9. The predicted molar refractivity (Wildman–Crippen MR) is 54.8 cm³/mol. The second kappa shape index (κ2) is 5.45. The Balaban J connectivity index is 2.87. The molecule has 1 aliphatic rings. The van der Waals surface area contributed by atoms with Gasteiger partial charge in [0.15, 0.2) is 0 Å². The van der Waals surface area contributed by atoms with Crippen LogP contribution in [0.15, 0.2) is 0 Å². The average molecular weight is 260 g/mol. The van der Waals surface area contributed by atoms with Gasteiger partial charge >= 0.3 is 17.9 Å². The standard InChI is InChI=1S/C9H12N2O7/c12-6-2-10-4(8(15)16)3-11(6)5(9(17)18)1-7(13)14/h4-5,10H,1-3H2,(H,13,14)(H,15,16)(H,17,18)/t4-,5-/m0/s1. The van der Waals surface area contributed by atoms with Crippen molar-refractivity contribution in [1.82, 2.24) is 10.2 Å². The number of piperazine rings is 1. The molecule has 1 saturated heterocycles. The lowest BCUT2D eigenvalue weighted by Crippen LogP contribution is -2.61. The van der Waals surface area contributed by atoms with Crippen LogP contribution in [0.5, 0.6) is 0 Å². The zero-order valence-electron chi connectivity index (χ0n) is 9.20. The number of carboxylic acid groups (broad SMARTS) is 3. The third-order valence-electron chi connectivity index (χ3n) is 2.53. The predicted octanol–water partition coefficient (Wildman–Crippen LogP) is -2.20. The normalized spacial score (nSPS) is 21.4. The molecule has 4 N–H and O–H groups in total. The van der Waals surface area contributed by atoms with Crippen molar-refractivity contribution in [1.29, 1.82) is 0 Å². The monoisotopic (exact) mass is 260 g/mol. The van der Waals surface area contributed by atoms with Gasteiger partial charge in [-0.3, -0.25) is 19.7 Å². The molecule has 18 heavy (non-hydrogen) atoms. The Kier molecular flexibility index (Phi) is 4.21. The molecule has 0 bridgehead atoms. The van der Waals surface area contributed by atoms with Gasteiger partial charge in [-0.2, -0.15) is 0 Å². The summed E-state index contributed by atoms with van der Waals surface area (Å²) >= 11 is 0. The zero-order valence-corrected chi connectivity index (χ0v) is 9.20. The van der Waals surface area contributed by atoms with Crippen LogP contribution in [0.4, 0.5) is 0 Å². The Morgan fingerprint density at radius 3 is 2.39 bits per heavy atom. The van der Waals surface area contributed by atoms with Gasteiger partial charge in [-0.15, -0.1) is 0 Å². The highest BCUT2D eigenvalue weighted by atomic mass is 16.4. The number of hydrogen-bond donors (Lipinski definition) is 4. The van der Waals surface area contributed by atoms with Crippen molar-refractivity contribution < 1.29 is 34.5 Å². The topological polar surface area (TPSA) is 144 Å². The molecule has 2 atom stereocenters. The highest BCUT2D eigenvalue weighted by Crippen LogP contribution is 2.10. The third-order valence-corrected chi connectivity index (χ3v) is 2.53. The minimum Gasteiger partial charge on any atom is -0.481 e. The summed E-state index contributed by atoms with van der Waals surface area (Å²) in [5.41, 5.74) is 0. The molecule has 1 aliphatic heterocycles. The molecule has 1 rings (SSSR count). The summed E-state index contributed by atoms with van der Waals surface area (Å²) in [5.74, 6) is -4.72. The largest absolute Gasteiger partial charge is 0.481 e. The fourth-order valence-corrected chi connectivity index (χ4v) is 1.64. The second-order valence-electron chi connectivity index (χ2n) is 3.77. The van der Waals surface area contributed by atoms with Gasteiger partial charge in [0.2, 0.25) is 5.91 Å². The van der Waals surface area contributed by atoms with E-state index >= 15 is 0 Å². The van der Waals surface area contributed by atoms with E-state index in [-0.39, 0.29) is 13.1 Å². The Morgan fingerprint density at radius 2 is 1.94 bits per heavy atom. The lowest BCUT2D eigenvalue weighted by atomic mass is 10.1. The molecule has 100 valence electrons. The summed E-state index contributed by atoms with van der Waals surface area (Å²) < 4.78 is 0. The Bertz CT molecular complexity index is 394. The van der Waals surface area contributed by atoms with E-state index in [2.05, 4.69) is 5.32 Å². The molecule has 0 aromatic rings.